The van der Waals surface area contributed by atoms with E-state index in [-0.39, 0.29) is 11.4 Å². The lowest BCUT2D eigenvalue weighted by molar-refractivity contribution is 0.0696. The first kappa shape index (κ1) is 12.1. The van der Waals surface area contributed by atoms with Gasteiger partial charge in [0.05, 0.1) is 5.56 Å². The summed E-state index contributed by atoms with van der Waals surface area (Å²) < 4.78 is 5.56. The number of carboxylic acids is 1. The molecule has 0 bridgehead atoms. The number of hydrogen-bond acceptors (Lipinski definition) is 3. The van der Waals surface area contributed by atoms with Crippen LogP contribution in [0, 0.1) is 13.8 Å². The Hall–Kier alpha value is -2.36. The van der Waals surface area contributed by atoms with Crippen LogP contribution in [-0.2, 0) is 0 Å². The van der Waals surface area contributed by atoms with E-state index in [0.29, 0.717) is 5.75 Å². The lowest BCUT2D eigenvalue weighted by Gasteiger charge is -2.07. The lowest BCUT2D eigenvalue weighted by atomic mass is 10.1. The van der Waals surface area contributed by atoms with Crippen molar-refractivity contribution >= 4 is 5.97 Å². The average molecular weight is 243 g/mol. The fourth-order valence-corrected chi connectivity index (χ4v) is 1.71. The van der Waals surface area contributed by atoms with E-state index in [4.69, 9.17) is 9.84 Å². The molecule has 0 aliphatic rings. The standard InChI is InChI=1S/C14H13NO3/c1-9-5-10(2)7-12(6-9)18-13-8-11(14(16)17)3-4-15-13/h3-8H,1-2H3,(H,16,17). The minimum absolute atomic E-state index is 0.157. The molecule has 2 aromatic rings. The summed E-state index contributed by atoms with van der Waals surface area (Å²) in [6, 6.07) is 8.62. The number of aryl methyl sites for hydroxylation is 2. The van der Waals surface area contributed by atoms with Crippen LogP contribution in [0.25, 0.3) is 0 Å². The van der Waals surface area contributed by atoms with Crippen LogP contribution in [0.15, 0.2) is 36.5 Å². The fourth-order valence-electron chi connectivity index (χ4n) is 1.71. The van der Waals surface area contributed by atoms with Crippen molar-refractivity contribution < 1.29 is 14.6 Å². The van der Waals surface area contributed by atoms with E-state index in [0.717, 1.165) is 11.1 Å². The molecule has 1 N–H and O–H groups in total. The van der Waals surface area contributed by atoms with Gasteiger partial charge in [-0.3, -0.25) is 0 Å². The van der Waals surface area contributed by atoms with Crippen LogP contribution in [0.1, 0.15) is 21.5 Å². The predicted molar refractivity (Wildman–Crippen MR) is 67.2 cm³/mol. The molecule has 0 fully saturated rings. The summed E-state index contributed by atoms with van der Waals surface area (Å²) in [5.41, 5.74) is 2.32. The van der Waals surface area contributed by atoms with Crippen LogP contribution in [0.3, 0.4) is 0 Å². The average Bonchev–Trinajstić information content (AvgIpc) is 2.27. The van der Waals surface area contributed by atoms with Gasteiger partial charge in [0.1, 0.15) is 5.75 Å². The van der Waals surface area contributed by atoms with E-state index in [9.17, 15) is 4.79 Å². The smallest absolute Gasteiger partial charge is 0.335 e. The lowest BCUT2D eigenvalue weighted by Crippen LogP contribution is -1.97. The van der Waals surface area contributed by atoms with Crippen molar-refractivity contribution in [3.63, 3.8) is 0 Å². The molecule has 4 heteroatoms. The largest absolute Gasteiger partial charge is 0.478 e. The normalized spacial score (nSPS) is 10.1. The molecule has 0 radical (unpaired) electrons. The van der Waals surface area contributed by atoms with Crippen LogP contribution < -0.4 is 4.74 Å². The van der Waals surface area contributed by atoms with E-state index < -0.39 is 5.97 Å². The molecule has 0 saturated heterocycles. The molecule has 0 aliphatic carbocycles. The van der Waals surface area contributed by atoms with Gasteiger partial charge in [-0.2, -0.15) is 0 Å². The molecule has 4 nitrogen and oxygen atoms in total. The number of hydrogen-bond donors (Lipinski definition) is 1. The van der Waals surface area contributed by atoms with Gasteiger partial charge in [0.2, 0.25) is 5.88 Å². The third kappa shape index (κ3) is 2.85. The zero-order valence-electron chi connectivity index (χ0n) is 10.2. The molecule has 92 valence electrons. The van der Waals surface area contributed by atoms with Crippen molar-refractivity contribution in [1.82, 2.24) is 4.98 Å². The maximum atomic E-state index is 10.8. The molecule has 0 saturated carbocycles. The number of aromatic carboxylic acids is 1. The Balaban J connectivity index is 2.28. The molecule has 0 amide bonds. The first-order valence-corrected chi connectivity index (χ1v) is 5.50. The van der Waals surface area contributed by atoms with Gasteiger partial charge in [0.15, 0.2) is 0 Å². The summed E-state index contributed by atoms with van der Waals surface area (Å²) in [6.07, 6.45) is 1.42. The molecule has 0 aliphatic heterocycles. The van der Waals surface area contributed by atoms with E-state index in [1.807, 2.05) is 32.0 Å². The molecular formula is C14H13NO3. The summed E-state index contributed by atoms with van der Waals surface area (Å²) in [7, 11) is 0. The number of pyridine rings is 1. The molecular weight excluding hydrogens is 230 g/mol. The third-order valence-electron chi connectivity index (χ3n) is 2.40. The van der Waals surface area contributed by atoms with Gasteiger partial charge < -0.3 is 9.84 Å². The number of benzene rings is 1. The van der Waals surface area contributed by atoms with Crippen LogP contribution in [0.5, 0.6) is 11.6 Å². The Morgan fingerprint density at radius 2 is 1.83 bits per heavy atom. The highest BCUT2D eigenvalue weighted by atomic mass is 16.5. The number of nitrogens with zero attached hydrogens (tertiary/aromatic N) is 1. The van der Waals surface area contributed by atoms with Crippen LogP contribution in [0.4, 0.5) is 0 Å². The van der Waals surface area contributed by atoms with Crippen molar-refractivity contribution in [3.05, 3.63) is 53.2 Å². The SMILES string of the molecule is Cc1cc(C)cc(Oc2cc(C(=O)O)ccn2)c1. The quantitative estimate of drug-likeness (QED) is 0.899. The molecule has 1 heterocycles. The Morgan fingerprint density at radius 1 is 1.17 bits per heavy atom. The first-order chi connectivity index (χ1) is 8.54. The molecule has 0 atom stereocenters. The number of aromatic nitrogens is 1. The van der Waals surface area contributed by atoms with Crippen molar-refractivity contribution in [3.8, 4) is 11.6 Å². The Bertz CT molecular complexity index is 573. The van der Waals surface area contributed by atoms with Gasteiger partial charge in [0, 0.05) is 12.3 Å². The molecule has 0 unspecified atom stereocenters. The van der Waals surface area contributed by atoms with Crippen molar-refractivity contribution in [2.24, 2.45) is 0 Å². The zero-order valence-corrected chi connectivity index (χ0v) is 10.2. The summed E-state index contributed by atoms with van der Waals surface area (Å²) in [6.45, 7) is 3.95. The van der Waals surface area contributed by atoms with E-state index >= 15 is 0 Å². The highest BCUT2D eigenvalue weighted by molar-refractivity contribution is 5.87. The zero-order chi connectivity index (χ0) is 13.1. The van der Waals surface area contributed by atoms with Crippen LogP contribution in [-0.4, -0.2) is 16.1 Å². The second kappa shape index (κ2) is 4.87. The van der Waals surface area contributed by atoms with Gasteiger partial charge in [0.25, 0.3) is 0 Å². The van der Waals surface area contributed by atoms with Gasteiger partial charge in [-0.25, -0.2) is 9.78 Å². The van der Waals surface area contributed by atoms with E-state index in [1.165, 1.54) is 18.3 Å². The van der Waals surface area contributed by atoms with Gasteiger partial charge >= 0.3 is 5.97 Å². The first-order valence-electron chi connectivity index (χ1n) is 5.50. The maximum Gasteiger partial charge on any atom is 0.335 e. The number of carboxylic acid groups (broad SMARTS) is 1. The molecule has 0 spiro atoms. The van der Waals surface area contributed by atoms with Crippen molar-refractivity contribution in [2.45, 2.75) is 13.8 Å². The second-order valence-corrected chi connectivity index (χ2v) is 4.11. The summed E-state index contributed by atoms with van der Waals surface area (Å²) >= 11 is 0. The summed E-state index contributed by atoms with van der Waals surface area (Å²) in [5.74, 6) is -0.0647. The molecule has 2 rings (SSSR count). The second-order valence-electron chi connectivity index (χ2n) is 4.11. The van der Waals surface area contributed by atoms with Gasteiger partial charge in [-0.1, -0.05) is 6.07 Å². The Kier molecular flexibility index (Phi) is 3.28. The molecule has 18 heavy (non-hydrogen) atoms. The highest BCUT2D eigenvalue weighted by Gasteiger charge is 2.06. The van der Waals surface area contributed by atoms with Gasteiger partial charge in [-0.15, -0.1) is 0 Å². The number of carbonyl (C=O) groups is 1. The molecule has 1 aromatic heterocycles. The summed E-state index contributed by atoms with van der Waals surface area (Å²) in [4.78, 5) is 14.8. The number of ether oxygens (including phenoxy) is 1. The number of rotatable bonds is 3. The minimum Gasteiger partial charge on any atom is -0.478 e. The minimum atomic E-state index is -0.998. The van der Waals surface area contributed by atoms with Gasteiger partial charge in [-0.05, 0) is 43.2 Å². The van der Waals surface area contributed by atoms with Crippen molar-refractivity contribution in [2.75, 3.05) is 0 Å². The monoisotopic (exact) mass is 243 g/mol. The fraction of sp³-hybridized carbons (Fsp3) is 0.143. The Labute approximate surface area is 105 Å². The predicted octanol–water partition coefficient (Wildman–Crippen LogP) is 3.19. The van der Waals surface area contributed by atoms with E-state index in [2.05, 4.69) is 4.98 Å². The maximum absolute atomic E-state index is 10.8. The summed E-state index contributed by atoms with van der Waals surface area (Å²) in [5, 5.41) is 8.88. The third-order valence-corrected chi connectivity index (χ3v) is 2.40. The highest BCUT2D eigenvalue weighted by Crippen LogP contribution is 2.22. The van der Waals surface area contributed by atoms with E-state index in [1.54, 1.807) is 0 Å². The van der Waals surface area contributed by atoms with Crippen molar-refractivity contribution in [1.29, 1.82) is 0 Å². The Morgan fingerprint density at radius 3 is 2.44 bits per heavy atom. The molecule has 1 aromatic carbocycles. The topological polar surface area (TPSA) is 59.4 Å². The van der Waals surface area contributed by atoms with Crippen LogP contribution in [0.2, 0.25) is 0 Å². The van der Waals surface area contributed by atoms with Crippen LogP contribution >= 0.6 is 0 Å².